The van der Waals surface area contributed by atoms with E-state index in [4.69, 9.17) is 16.3 Å². The maximum Gasteiger partial charge on any atom is 0.321 e. The molecule has 1 atom stereocenters. The molecule has 0 aliphatic carbocycles. The number of nitrogens with one attached hydrogen (secondary N) is 1. The van der Waals surface area contributed by atoms with E-state index < -0.39 is 5.92 Å². The minimum atomic E-state index is -0.431. The molecule has 2 aliphatic heterocycles. The van der Waals surface area contributed by atoms with Crippen LogP contribution in [0.1, 0.15) is 17.0 Å². The van der Waals surface area contributed by atoms with Crippen LogP contribution in [0.3, 0.4) is 0 Å². The van der Waals surface area contributed by atoms with Gasteiger partial charge in [-0.25, -0.2) is 4.79 Å². The third-order valence-electron chi connectivity index (χ3n) is 5.47. The lowest BCUT2D eigenvalue weighted by molar-refractivity contribution is -0.136. The van der Waals surface area contributed by atoms with E-state index in [2.05, 4.69) is 5.32 Å². The zero-order valence-electron chi connectivity index (χ0n) is 16.1. The minimum Gasteiger partial charge on any atom is -0.378 e. The van der Waals surface area contributed by atoms with Crippen molar-refractivity contribution in [1.29, 1.82) is 0 Å². The van der Waals surface area contributed by atoms with Gasteiger partial charge >= 0.3 is 6.03 Å². The van der Waals surface area contributed by atoms with Gasteiger partial charge in [-0.05, 0) is 29.7 Å². The van der Waals surface area contributed by atoms with Crippen molar-refractivity contribution < 1.29 is 14.3 Å². The highest BCUT2D eigenvalue weighted by Crippen LogP contribution is 2.30. The Balaban J connectivity index is 1.48. The molecule has 6 nitrogen and oxygen atoms in total. The molecule has 7 heteroatoms. The molecule has 0 aromatic heterocycles. The second-order valence-corrected chi connectivity index (χ2v) is 7.70. The fraction of sp³-hybridized carbons (Fsp3) is 0.364. The first kappa shape index (κ1) is 19.7. The van der Waals surface area contributed by atoms with E-state index in [1.807, 2.05) is 53.4 Å². The lowest BCUT2D eigenvalue weighted by Crippen LogP contribution is -2.47. The highest BCUT2D eigenvalue weighted by Gasteiger charge is 2.30. The van der Waals surface area contributed by atoms with Gasteiger partial charge < -0.3 is 15.0 Å². The number of anilines is 1. The number of nitrogens with zero attached hydrogens (tertiary/aromatic N) is 2. The van der Waals surface area contributed by atoms with Crippen molar-refractivity contribution in [3.8, 4) is 0 Å². The number of ether oxygens (including phenoxy) is 1. The van der Waals surface area contributed by atoms with Crippen LogP contribution in [0.4, 0.5) is 10.5 Å². The molecule has 2 aliphatic rings. The van der Waals surface area contributed by atoms with Gasteiger partial charge in [-0.15, -0.1) is 0 Å². The first-order valence-corrected chi connectivity index (χ1v) is 10.3. The van der Waals surface area contributed by atoms with E-state index in [-0.39, 0.29) is 18.5 Å². The molecular formula is C22H24ClN3O3. The number of urea groups is 1. The molecule has 0 saturated carbocycles. The van der Waals surface area contributed by atoms with Crippen LogP contribution in [0.2, 0.25) is 5.02 Å². The highest BCUT2D eigenvalue weighted by atomic mass is 35.5. The number of rotatable bonds is 4. The van der Waals surface area contributed by atoms with E-state index in [0.717, 1.165) is 23.2 Å². The van der Waals surface area contributed by atoms with Crippen LogP contribution >= 0.6 is 11.6 Å². The summed E-state index contributed by atoms with van der Waals surface area (Å²) in [5.41, 5.74) is 2.84. The topological polar surface area (TPSA) is 61.9 Å². The predicted molar refractivity (Wildman–Crippen MR) is 112 cm³/mol. The van der Waals surface area contributed by atoms with Crippen LogP contribution in [0, 0.1) is 0 Å². The van der Waals surface area contributed by atoms with Crippen LogP contribution in [-0.2, 0) is 16.0 Å². The fourth-order valence-corrected chi connectivity index (χ4v) is 4.05. The normalized spacial score (nSPS) is 17.0. The number of halogens is 1. The maximum absolute atomic E-state index is 13.2. The van der Waals surface area contributed by atoms with Crippen molar-refractivity contribution >= 4 is 29.2 Å². The number of amides is 3. The molecule has 152 valence electrons. The third-order valence-corrected chi connectivity index (χ3v) is 5.70. The number of carbonyl (C=O) groups excluding carboxylic acids is 2. The fourth-order valence-electron chi connectivity index (χ4n) is 3.89. The molecule has 3 amide bonds. The van der Waals surface area contributed by atoms with Gasteiger partial charge in [0.05, 0.1) is 24.8 Å². The Morgan fingerprint density at radius 1 is 1.07 bits per heavy atom. The van der Waals surface area contributed by atoms with Crippen molar-refractivity contribution in [2.24, 2.45) is 0 Å². The number of morpholine rings is 1. The highest BCUT2D eigenvalue weighted by molar-refractivity contribution is 6.31. The summed E-state index contributed by atoms with van der Waals surface area (Å²) in [4.78, 5) is 29.6. The Labute approximate surface area is 175 Å². The molecule has 0 radical (unpaired) electrons. The van der Waals surface area contributed by atoms with E-state index in [1.165, 1.54) is 0 Å². The quantitative estimate of drug-likeness (QED) is 0.838. The number of fused-ring (bicyclic) bond motifs is 1. The molecule has 1 unspecified atom stereocenters. The zero-order chi connectivity index (χ0) is 20.2. The number of hydrogen-bond donors (Lipinski definition) is 1. The molecule has 2 aromatic carbocycles. The maximum atomic E-state index is 13.2. The van der Waals surface area contributed by atoms with E-state index in [1.54, 1.807) is 4.90 Å². The molecule has 2 aromatic rings. The molecule has 2 heterocycles. The van der Waals surface area contributed by atoms with Crippen LogP contribution in [-0.4, -0.2) is 56.2 Å². The van der Waals surface area contributed by atoms with Gasteiger partial charge in [-0.1, -0.05) is 48.0 Å². The molecular weight excluding hydrogens is 390 g/mol. The summed E-state index contributed by atoms with van der Waals surface area (Å²) >= 11 is 6.11. The summed E-state index contributed by atoms with van der Waals surface area (Å²) in [5.74, 6) is -0.413. The van der Waals surface area contributed by atoms with Crippen LogP contribution in [0.5, 0.6) is 0 Å². The van der Waals surface area contributed by atoms with Crippen molar-refractivity contribution in [2.45, 2.75) is 12.3 Å². The van der Waals surface area contributed by atoms with Gasteiger partial charge in [0, 0.05) is 31.2 Å². The van der Waals surface area contributed by atoms with Gasteiger partial charge in [-0.2, -0.15) is 0 Å². The average molecular weight is 414 g/mol. The second-order valence-electron chi connectivity index (χ2n) is 7.26. The van der Waals surface area contributed by atoms with Crippen molar-refractivity contribution in [3.05, 3.63) is 64.7 Å². The Morgan fingerprint density at radius 2 is 1.83 bits per heavy atom. The summed E-state index contributed by atoms with van der Waals surface area (Å²) in [6.45, 7) is 3.10. The summed E-state index contributed by atoms with van der Waals surface area (Å²) in [7, 11) is 0. The number of carbonyl (C=O) groups is 2. The first-order chi connectivity index (χ1) is 14.1. The Bertz CT molecular complexity index is 884. The average Bonchev–Trinajstić information content (AvgIpc) is 3.18. The largest absolute Gasteiger partial charge is 0.378 e. The van der Waals surface area contributed by atoms with Gasteiger partial charge in [0.1, 0.15) is 0 Å². The third kappa shape index (κ3) is 4.38. The second kappa shape index (κ2) is 8.84. The van der Waals surface area contributed by atoms with E-state index >= 15 is 0 Å². The van der Waals surface area contributed by atoms with Crippen molar-refractivity contribution in [1.82, 2.24) is 10.2 Å². The standard InChI is InChI=1S/C22H24ClN3O3/c23-18-7-6-17-8-9-26(20(17)14-18)22(28)24-15-19(16-4-2-1-3-5-16)21(27)25-10-12-29-13-11-25/h1-7,14,19H,8-13,15H2,(H,24,28). The Hall–Kier alpha value is -2.57. The summed E-state index contributed by atoms with van der Waals surface area (Å²) < 4.78 is 5.36. The lowest BCUT2D eigenvalue weighted by Gasteiger charge is -2.31. The van der Waals surface area contributed by atoms with Gasteiger partial charge in [0.2, 0.25) is 5.91 Å². The van der Waals surface area contributed by atoms with Gasteiger partial charge in [-0.3, -0.25) is 9.69 Å². The molecule has 4 rings (SSSR count). The minimum absolute atomic E-state index is 0.0182. The lowest BCUT2D eigenvalue weighted by atomic mass is 9.97. The Morgan fingerprint density at radius 3 is 2.59 bits per heavy atom. The van der Waals surface area contributed by atoms with E-state index in [9.17, 15) is 9.59 Å². The van der Waals surface area contributed by atoms with Crippen molar-refractivity contribution in [2.75, 3.05) is 44.3 Å². The number of benzene rings is 2. The van der Waals surface area contributed by atoms with Crippen LogP contribution in [0.15, 0.2) is 48.5 Å². The molecule has 29 heavy (non-hydrogen) atoms. The van der Waals surface area contributed by atoms with Crippen molar-refractivity contribution in [3.63, 3.8) is 0 Å². The SMILES string of the molecule is O=C(C(CNC(=O)N1CCc2ccc(Cl)cc21)c1ccccc1)N1CCOCC1. The number of hydrogen-bond acceptors (Lipinski definition) is 3. The monoisotopic (exact) mass is 413 g/mol. The van der Waals surface area contributed by atoms with Crippen LogP contribution < -0.4 is 10.2 Å². The molecule has 1 N–H and O–H groups in total. The van der Waals surface area contributed by atoms with Crippen LogP contribution in [0.25, 0.3) is 0 Å². The zero-order valence-corrected chi connectivity index (χ0v) is 16.9. The smallest absolute Gasteiger partial charge is 0.321 e. The molecule has 0 bridgehead atoms. The van der Waals surface area contributed by atoms with Gasteiger partial charge in [0.25, 0.3) is 0 Å². The van der Waals surface area contributed by atoms with E-state index in [0.29, 0.717) is 37.9 Å². The molecule has 1 saturated heterocycles. The molecule has 0 spiro atoms. The van der Waals surface area contributed by atoms with Gasteiger partial charge in [0.15, 0.2) is 0 Å². The summed E-state index contributed by atoms with van der Waals surface area (Å²) in [6.07, 6.45) is 0.800. The summed E-state index contributed by atoms with van der Waals surface area (Å²) in [5, 5.41) is 3.57. The summed E-state index contributed by atoms with van der Waals surface area (Å²) in [6, 6.07) is 15.0. The first-order valence-electron chi connectivity index (χ1n) is 9.89. The predicted octanol–water partition coefficient (Wildman–Crippen LogP) is 3.05. The Kier molecular flexibility index (Phi) is 6.02. The molecule has 1 fully saturated rings.